The maximum atomic E-state index is 12.1. The first-order chi connectivity index (χ1) is 8.10. The summed E-state index contributed by atoms with van der Waals surface area (Å²) < 4.78 is 0. The van der Waals surface area contributed by atoms with Gasteiger partial charge in [0, 0.05) is 18.5 Å². The van der Waals surface area contributed by atoms with Gasteiger partial charge in [0.25, 0.3) is 5.91 Å². The van der Waals surface area contributed by atoms with Gasteiger partial charge in [-0.2, -0.15) is 0 Å². The maximum Gasteiger partial charge on any atom is 0.254 e. The summed E-state index contributed by atoms with van der Waals surface area (Å²) in [5, 5.41) is 1.85. The molecule has 0 radical (unpaired) electrons. The smallest absolute Gasteiger partial charge is 0.254 e. The van der Waals surface area contributed by atoms with Crippen LogP contribution in [0.1, 0.15) is 35.5 Å². The Labute approximate surface area is 107 Å². The molecule has 1 rings (SSSR count). The summed E-state index contributed by atoms with van der Waals surface area (Å²) in [6.07, 6.45) is 0.951. The van der Waals surface area contributed by atoms with Crippen LogP contribution < -0.4 is 5.73 Å². The zero-order valence-corrected chi connectivity index (χ0v) is 11.3. The van der Waals surface area contributed by atoms with E-state index in [2.05, 4.69) is 18.8 Å². The van der Waals surface area contributed by atoms with Crippen LogP contribution in [0.5, 0.6) is 0 Å². The topological polar surface area (TPSA) is 46.3 Å². The molecule has 92 valence electrons. The number of nitrogens with zero attached hydrogens (tertiary/aromatic N) is 1. The van der Waals surface area contributed by atoms with Crippen LogP contribution in [0.15, 0.2) is 11.4 Å². The highest BCUT2D eigenvalue weighted by molar-refractivity contribution is 7.10. The Bertz CT molecular complexity index is 442. The van der Waals surface area contributed by atoms with Gasteiger partial charge in [-0.1, -0.05) is 18.8 Å². The fourth-order valence-corrected chi connectivity index (χ4v) is 2.08. The van der Waals surface area contributed by atoms with E-state index in [1.54, 1.807) is 4.90 Å². The second kappa shape index (κ2) is 6.43. The molecule has 0 aromatic carbocycles. The lowest BCUT2D eigenvalue weighted by atomic mass is 10.2. The molecular weight excluding hydrogens is 232 g/mol. The van der Waals surface area contributed by atoms with Crippen molar-refractivity contribution in [2.24, 2.45) is 5.73 Å². The van der Waals surface area contributed by atoms with Gasteiger partial charge in [0.2, 0.25) is 0 Å². The highest BCUT2D eigenvalue weighted by Crippen LogP contribution is 2.16. The normalized spacial score (nSPS) is 11.5. The molecule has 17 heavy (non-hydrogen) atoms. The molecule has 0 spiro atoms. The number of hydrogen-bond donors (Lipinski definition) is 1. The van der Waals surface area contributed by atoms with Gasteiger partial charge in [-0.25, -0.2) is 0 Å². The first-order valence-corrected chi connectivity index (χ1v) is 6.52. The molecule has 1 unspecified atom stereocenters. The molecule has 0 aliphatic heterocycles. The highest BCUT2D eigenvalue weighted by atomic mass is 32.1. The van der Waals surface area contributed by atoms with Crippen molar-refractivity contribution in [3.8, 4) is 11.8 Å². The van der Waals surface area contributed by atoms with Crippen LogP contribution in [-0.2, 0) is 0 Å². The van der Waals surface area contributed by atoms with Gasteiger partial charge in [0.05, 0.1) is 17.0 Å². The predicted octanol–water partition coefficient (Wildman–Crippen LogP) is 1.93. The van der Waals surface area contributed by atoms with Crippen LogP contribution in [0.25, 0.3) is 0 Å². The number of rotatable bonds is 3. The van der Waals surface area contributed by atoms with Crippen molar-refractivity contribution in [2.75, 3.05) is 13.6 Å². The third-order valence-electron chi connectivity index (χ3n) is 2.73. The Kier molecular flexibility index (Phi) is 5.20. The standard InChI is InChI=1S/C13H18N2OS/c1-4-10(2)15(3)13(16)11-8-12(17-9-11)6-5-7-14/h8-10H,4,7,14H2,1-3H3. The quantitative estimate of drug-likeness (QED) is 0.833. The van der Waals surface area contributed by atoms with E-state index < -0.39 is 0 Å². The average molecular weight is 250 g/mol. The van der Waals surface area contributed by atoms with Crippen LogP contribution in [0.3, 0.4) is 0 Å². The summed E-state index contributed by atoms with van der Waals surface area (Å²) in [4.78, 5) is 14.7. The van der Waals surface area contributed by atoms with Gasteiger partial charge in [0.1, 0.15) is 0 Å². The molecule has 1 atom stereocenters. The fourth-order valence-electron chi connectivity index (χ4n) is 1.33. The minimum absolute atomic E-state index is 0.0522. The van der Waals surface area contributed by atoms with Crippen LogP contribution in [0, 0.1) is 11.8 Å². The lowest BCUT2D eigenvalue weighted by Gasteiger charge is -2.23. The fraction of sp³-hybridized carbons (Fsp3) is 0.462. The SMILES string of the molecule is CCC(C)N(C)C(=O)c1csc(C#CCN)c1. The molecule has 0 aliphatic carbocycles. The molecule has 3 nitrogen and oxygen atoms in total. The predicted molar refractivity (Wildman–Crippen MR) is 72.1 cm³/mol. The Morgan fingerprint density at radius 2 is 2.35 bits per heavy atom. The van der Waals surface area contributed by atoms with Crippen molar-refractivity contribution < 1.29 is 4.79 Å². The van der Waals surface area contributed by atoms with E-state index in [0.29, 0.717) is 12.1 Å². The summed E-state index contributed by atoms with van der Waals surface area (Å²) in [6, 6.07) is 2.08. The Morgan fingerprint density at radius 1 is 1.65 bits per heavy atom. The van der Waals surface area contributed by atoms with Crippen LogP contribution >= 0.6 is 11.3 Å². The van der Waals surface area contributed by atoms with Crippen LogP contribution in [-0.4, -0.2) is 30.4 Å². The molecule has 2 N–H and O–H groups in total. The van der Waals surface area contributed by atoms with E-state index in [1.807, 2.05) is 25.4 Å². The summed E-state index contributed by atoms with van der Waals surface area (Å²) in [5.74, 6) is 5.77. The lowest BCUT2D eigenvalue weighted by molar-refractivity contribution is 0.0741. The van der Waals surface area contributed by atoms with E-state index >= 15 is 0 Å². The molecule has 0 saturated heterocycles. The Morgan fingerprint density at radius 3 is 2.94 bits per heavy atom. The first kappa shape index (κ1) is 13.8. The van der Waals surface area contributed by atoms with Gasteiger partial charge in [-0.05, 0) is 19.4 Å². The van der Waals surface area contributed by atoms with E-state index in [1.165, 1.54) is 11.3 Å². The van der Waals surface area contributed by atoms with Crippen LogP contribution in [0.4, 0.5) is 0 Å². The minimum atomic E-state index is 0.0522. The molecule has 0 aliphatic rings. The van der Waals surface area contributed by atoms with Gasteiger partial charge in [-0.3, -0.25) is 4.79 Å². The van der Waals surface area contributed by atoms with E-state index in [0.717, 1.165) is 11.3 Å². The lowest BCUT2D eigenvalue weighted by Crippen LogP contribution is -2.34. The second-order valence-electron chi connectivity index (χ2n) is 3.88. The average Bonchev–Trinajstić information content (AvgIpc) is 2.82. The minimum Gasteiger partial charge on any atom is -0.339 e. The van der Waals surface area contributed by atoms with Crippen molar-refractivity contribution in [1.82, 2.24) is 4.90 Å². The number of hydrogen-bond acceptors (Lipinski definition) is 3. The maximum absolute atomic E-state index is 12.1. The number of amides is 1. The van der Waals surface area contributed by atoms with Crippen LogP contribution in [0.2, 0.25) is 0 Å². The number of carbonyl (C=O) groups is 1. The molecule has 1 amide bonds. The van der Waals surface area contributed by atoms with E-state index in [-0.39, 0.29) is 11.9 Å². The Hall–Kier alpha value is -1.31. The third kappa shape index (κ3) is 3.58. The van der Waals surface area contributed by atoms with Crippen molar-refractivity contribution in [1.29, 1.82) is 0 Å². The summed E-state index contributed by atoms with van der Waals surface area (Å²) in [5.41, 5.74) is 6.01. The molecule has 0 saturated carbocycles. The molecule has 0 bridgehead atoms. The first-order valence-electron chi connectivity index (χ1n) is 5.64. The molecule has 1 aromatic rings. The summed E-state index contributed by atoms with van der Waals surface area (Å²) in [7, 11) is 1.83. The molecule has 4 heteroatoms. The highest BCUT2D eigenvalue weighted by Gasteiger charge is 2.17. The van der Waals surface area contributed by atoms with E-state index in [9.17, 15) is 4.79 Å². The molecule has 0 fully saturated rings. The summed E-state index contributed by atoms with van der Waals surface area (Å²) >= 11 is 1.48. The number of carbonyl (C=O) groups excluding carboxylic acids is 1. The zero-order chi connectivity index (χ0) is 12.8. The largest absolute Gasteiger partial charge is 0.339 e. The molecule has 1 heterocycles. The van der Waals surface area contributed by atoms with Crippen molar-refractivity contribution >= 4 is 17.2 Å². The van der Waals surface area contributed by atoms with Gasteiger partial charge < -0.3 is 10.6 Å². The third-order valence-corrected chi connectivity index (χ3v) is 3.58. The molecular formula is C13H18N2OS. The number of thiophene rings is 1. The van der Waals surface area contributed by atoms with Gasteiger partial charge >= 0.3 is 0 Å². The Balaban J connectivity index is 2.79. The van der Waals surface area contributed by atoms with E-state index in [4.69, 9.17) is 5.73 Å². The summed E-state index contributed by atoms with van der Waals surface area (Å²) in [6.45, 7) is 4.45. The monoisotopic (exact) mass is 250 g/mol. The zero-order valence-electron chi connectivity index (χ0n) is 10.5. The van der Waals surface area contributed by atoms with Gasteiger partial charge in [0.15, 0.2) is 0 Å². The van der Waals surface area contributed by atoms with Crippen molar-refractivity contribution in [3.63, 3.8) is 0 Å². The molecule has 1 aromatic heterocycles. The second-order valence-corrected chi connectivity index (χ2v) is 4.79. The van der Waals surface area contributed by atoms with Gasteiger partial charge in [-0.15, -0.1) is 11.3 Å². The van der Waals surface area contributed by atoms with Crippen molar-refractivity contribution in [2.45, 2.75) is 26.3 Å². The number of nitrogens with two attached hydrogens (primary N) is 1. The van der Waals surface area contributed by atoms with Crippen molar-refractivity contribution in [3.05, 3.63) is 21.9 Å².